The molecule has 4 rings (SSSR count). The highest BCUT2D eigenvalue weighted by Gasteiger charge is 2.57. The average molecular weight is 410 g/mol. The monoisotopic (exact) mass is 409 g/mol. The largest absolute Gasteiger partial charge is 0.298 e. The quantitative estimate of drug-likeness (QED) is 0.299. The number of anilines is 1. The lowest BCUT2D eigenvalue weighted by Gasteiger charge is -2.35. The molecule has 3 fully saturated rings. The summed E-state index contributed by atoms with van der Waals surface area (Å²) in [5, 5.41) is 13.5. The summed E-state index contributed by atoms with van der Waals surface area (Å²) in [5.41, 5.74) is 2.13. The number of fused-ring (bicyclic) bond motifs is 2. The molecule has 3 aliphatic carbocycles. The predicted octanol–water partition coefficient (Wildman–Crippen LogP) is 3.65. The van der Waals surface area contributed by atoms with Crippen LogP contribution in [0.3, 0.4) is 0 Å². The van der Waals surface area contributed by atoms with Crippen LogP contribution in [0.4, 0.5) is 5.13 Å². The van der Waals surface area contributed by atoms with E-state index >= 15 is 0 Å². The number of nitrogens with zero attached hydrogens (tertiary/aromatic N) is 1. The molecule has 3 N–H and O–H groups in total. The standard InChI is InChI=1S/C19H24ClN3O3S/c20-19-4-1-2-12-6-13(19)9-18(8-12,11-19)5-3-15(24)22-17-21-14(10-27-17)7-16(25)23-26/h3,5,10,12-13,26H,1-2,4,6-9,11H2,(H,23,25)(H,21,22,24)/b5-3+. The molecule has 1 aromatic heterocycles. The molecular weight excluding hydrogens is 386 g/mol. The molecule has 146 valence electrons. The van der Waals surface area contributed by atoms with Crippen LogP contribution < -0.4 is 10.8 Å². The maximum Gasteiger partial charge on any atom is 0.249 e. The van der Waals surface area contributed by atoms with Crippen molar-refractivity contribution in [1.29, 1.82) is 0 Å². The minimum atomic E-state index is -0.536. The number of alkyl halides is 1. The third-order valence-electron chi connectivity index (χ3n) is 6.38. The summed E-state index contributed by atoms with van der Waals surface area (Å²) in [6, 6.07) is 0. The summed E-state index contributed by atoms with van der Waals surface area (Å²) in [6.07, 6.45) is 11.7. The molecule has 0 aliphatic heterocycles. The van der Waals surface area contributed by atoms with Crippen LogP contribution >= 0.6 is 22.9 Å². The number of hydrogen-bond acceptors (Lipinski definition) is 5. The van der Waals surface area contributed by atoms with Crippen LogP contribution in [0.1, 0.15) is 50.6 Å². The average Bonchev–Trinajstić information content (AvgIpc) is 3.10. The summed E-state index contributed by atoms with van der Waals surface area (Å²) < 4.78 is 0. The third kappa shape index (κ3) is 3.91. The lowest BCUT2D eigenvalue weighted by atomic mass is 9.69. The van der Waals surface area contributed by atoms with Gasteiger partial charge in [0.2, 0.25) is 11.8 Å². The van der Waals surface area contributed by atoms with Crippen molar-refractivity contribution in [3.8, 4) is 0 Å². The zero-order valence-electron chi connectivity index (χ0n) is 15.0. The van der Waals surface area contributed by atoms with Gasteiger partial charge in [-0.3, -0.25) is 20.1 Å². The van der Waals surface area contributed by atoms with Gasteiger partial charge in [-0.25, -0.2) is 10.5 Å². The van der Waals surface area contributed by atoms with Gasteiger partial charge >= 0.3 is 0 Å². The van der Waals surface area contributed by atoms with Gasteiger partial charge < -0.3 is 0 Å². The van der Waals surface area contributed by atoms with Gasteiger partial charge in [0.25, 0.3) is 0 Å². The molecule has 27 heavy (non-hydrogen) atoms. The number of hydrogen-bond donors (Lipinski definition) is 3. The van der Waals surface area contributed by atoms with Crippen molar-refractivity contribution < 1.29 is 14.8 Å². The van der Waals surface area contributed by atoms with Crippen LogP contribution in [0.2, 0.25) is 0 Å². The zero-order chi connectivity index (χ0) is 19.1. The molecule has 0 radical (unpaired) electrons. The highest BCUT2D eigenvalue weighted by Crippen LogP contribution is 2.64. The molecule has 3 bridgehead atoms. The molecule has 3 aliphatic rings. The first kappa shape index (κ1) is 18.9. The normalized spacial score (nSPS) is 34.6. The lowest BCUT2D eigenvalue weighted by Crippen LogP contribution is -2.25. The number of carbonyl (C=O) groups excluding carboxylic acids is 2. The van der Waals surface area contributed by atoms with Crippen LogP contribution in [0.15, 0.2) is 17.5 Å². The number of aromatic nitrogens is 1. The summed E-state index contributed by atoms with van der Waals surface area (Å²) in [7, 11) is 0. The Bertz CT molecular complexity index is 778. The molecule has 4 atom stereocenters. The van der Waals surface area contributed by atoms with Crippen molar-refractivity contribution in [1.82, 2.24) is 10.5 Å². The molecule has 0 saturated heterocycles. The number of carbonyl (C=O) groups is 2. The van der Waals surface area contributed by atoms with Crippen molar-refractivity contribution in [2.24, 2.45) is 17.3 Å². The molecule has 0 spiro atoms. The Kier molecular flexibility index (Phi) is 5.03. The second-order valence-electron chi connectivity index (χ2n) is 8.35. The Morgan fingerprint density at radius 1 is 1.44 bits per heavy atom. The number of thiazole rings is 1. The Labute approximate surface area is 167 Å². The van der Waals surface area contributed by atoms with E-state index in [1.54, 1.807) is 16.9 Å². The maximum absolute atomic E-state index is 12.4. The van der Waals surface area contributed by atoms with E-state index in [-0.39, 0.29) is 22.6 Å². The van der Waals surface area contributed by atoms with Crippen molar-refractivity contribution in [3.63, 3.8) is 0 Å². The molecule has 1 heterocycles. The minimum absolute atomic E-state index is 0.0254. The van der Waals surface area contributed by atoms with Crippen molar-refractivity contribution in [2.45, 2.75) is 56.2 Å². The molecule has 1 aromatic rings. The summed E-state index contributed by atoms with van der Waals surface area (Å²) in [5.74, 6) is 0.566. The number of hydroxylamine groups is 1. The Balaban J connectivity index is 1.40. The first-order valence-corrected chi connectivity index (χ1v) is 10.7. The van der Waals surface area contributed by atoms with E-state index in [2.05, 4.69) is 16.4 Å². The maximum atomic E-state index is 12.4. The number of nitrogens with one attached hydrogen (secondary N) is 2. The lowest BCUT2D eigenvalue weighted by molar-refractivity contribution is -0.128. The molecule has 6 nitrogen and oxygen atoms in total. The Morgan fingerprint density at radius 3 is 3.11 bits per heavy atom. The van der Waals surface area contributed by atoms with Gasteiger partial charge in [-0.2, -0.15) is 0 Å². The second kappa shape index (κ2) is 7.18. The summed E-state index contributed by atoms with van der Waals surface area (Å²) in [4.78, 5) is 27.6. The molecule has 4 unspecified atom stereocenters. The topological polar surface area (TPSA) is 91.3 Å². The fraction of sp³-hybridized carbons (Fsp3) is 0.632. The van der Waals surface area contributed by atoms with E-state index in [0.717, 1.165) is 31.6 Å². The summed E-state index contributed by atoms with van der Waals surface area (Å²) in [6.45, 7) is 0. The first-order valence-electron chi connectivity index (χ1n) is 9.46. The predicted molar refractivity (Wildman–Crippen MR) is 104 cm³/mol. The van der Waals surface area contributed by atoms with Crippen molar-refractivity contribution in [2.75, 3.05) is 5.32 Å². The first-order chi connectivity index (χ1) is 12.9. The molecular formula is C19H24ClN3O3S. The number of rotatable bonds is 5. The third-order valence-corrected chi connectivity index (χ3v) is 7.82. The van der Waals surface area contributed by atoms with Gasteiger partial charge in [0, 0.05) is 10.3 Å². The summed E-state index contributed by atoms with van der Waals surface area (Å²) >= 11 is 8.25. The highest BCUT2D eigenvalue weighted by molar-refractivity contribution is 7.14. The zero-order valence-corrected chi connectivity index (χ0v) is 16.6. The van der Waals surface area contributed by atoms with Gasteiger partial charge in [0.15, 0.2) is 5.13 Å². The Morgan fingerprint density at radius 2 is 2.30 bits per heavy atom. The van der Waals surface area contributed by atoms with Gasteiger partial charge in [0.05, 0.1) is 12.1 Å². The van der Waals surface area contributed by atoms with Crippen LogP contribution in [-0.2, 0) is 16.0 Å². The highest BCUT2D eigenvalue weighted by atomic mass is 35.5. The van der Waals surface area contributed by atoms with E-state index in [4.69, 9.17) is 16.8 Å². The van der Waals surface area contributed by atoms with E-state index in [1.165, 1.54) is 30.6 Å². The molecule has 3 saturated carbocycles. The smallest absolute Gasteiger partial charge is 0.249 e. The van der Waals surface area contributed by atoms with E-state index < -0.39 is 5.91 Å². The molecule has 2 amide bonds. The van der Waals surface area contributed by atoms with Crippen LogP contribution in [0, 0.1) is 17.3 Å². The van der Waals surface area contributed by atoms with Crippen molar-refractivity contribution >= 4 is 39.9 Å². The van der Waals surface area contributed by atoms with Crippen LogP contribution in [-0.4, -0.2) is 26.9 Å². The van der Waals surface area contributed by atoms with Crippen LogP contribution in [0.25, 0.3) is 0 Å². The van der Waals surface area contributed by atoms with Gasteiger partial charge in [0.1, 0.15) is 0 Å². The fourth-order valence-corrected chi connectivity index (χ4v) is 6.71. The van der Waals surface area contributed by atoms with Crippen LogP contribution in [0.5, 0.6) is 0 Å². The van der Waals surface area contributed by atoms with Gasteiger partial charge in [-0.05, 0) is 55.4 Å². The van der Waals surface area contributed by atoms with E-state index in [9.17, 15) is 9.59 Å². The fourth-order valence-electron chi connectivity index (χ4n) is 5.43. The second-order valence-corrected chi connectivity index (χ2v) is 9.96. The van der Waals surface area contributed by atoms with Gasteiger partial charge in [-0.15, -0.1) is 22.9 Å². The number of amides is 2. The van der Waals surface area contributed by atoms with Gasteiger partial charge in [-0.1, -0.05) is 18.9 Å². The number of halogens is 1. The van der Waals surface area contributed by atoms with E-state index in [1.807, 2.05) is 0 Å². The SMILES string of the molecule is O=C(/C=C/C12CC3CCCC(Cl)(C1)C(C3)C2)Nc1nc(CC(=O)NO)cs1. The number of allylic oxidation sites excluding steroid dienone is 1. The van der Waals surface area contributed by atoms with E-state index in [0.29, 0.717) is 16.7 Å². The molecule has 8 heteroatoms. The molecule has 0 aromatic carbocycles. The minimum Gasteiger partial charge on any atom is -0.298 e. The Hall–Kier alpha value is -1.44. The van der Waals surface area contributed by atoms with Crippen molar-refractivity contribution in [3.05, 3.63) is 23.2 Å².